The minimum absolute atomic E-state index is 0.422. The number of carbonyl (C=O) groups excluding carboxylic acids is 3. The molecule has 1 saturated heterocycles. The molecule has 1 aliphatic rings. The molecule has 0 aromatic heterocycles. The number of rotatable bonds is 9. The molecule has 4 amide bonds. The first-order valence-corrected chi connectivity index (χ1v) is 10.9. The van der Waals surface area contributed by atoms with Gasteiger partial charge in [-0.05, 0) is 42.7 Å². The summed E-state index contributed by atoms with van der Waals surface area (Å²) in [5.41, 5.74) is 0.0869. The topological polar surface area (TPSA) is 155 Å². The number of carbonyl (C=O) groups is 4. The van der Waals surface area contributed by atoms with E-state index in [1.54, 1.807) is 48.5 Å². The third kappa shape index (κ3) is 5.08. The average molecular weight is 482 g/mol. The first-order chi connectivity index (χ1) is 16.6. The van der Waals surface area contributed by atoms with E-state index in [1.807, 2.05) is 6.92 Å². The van der Waals surface area contributed by atoms with Crippen molar-refractivity contribution in [3.05, 3.63) is 65.2 Å². The molecule has 1 heterocycles. The number of benzene rings is 2. The molecule has 2 aromatic carbocycles. The summed E-state index contributed by atoms with van der Waals surface area (Å²) in [5, 5.41) is 17.2. The Morgan fingerprint density at radius 3 is 2.34 bits per heavy atom. The highest BCUT2D eigenvalue weighted by molar-refractivity contribution is 6.08. The first kappa shape index (κ1) is 25.2. The molecule has 3 rings (SSSR count). The highest BCUT2D eigenvalue weighted by Crippen LogP contribution is 2.35. The summed E-state index contributed by atoms with van der Waals surface area (Å²) in [6.45, 7) is 4.95. The number of urea groups is 1. The molecule has 0 bridgehead atoms. The van der Waals surface area contributed by atoms with Crippen LogP contribution in [0.3, 0.4) is 0 Å². The normalized spacial score (nSPS) is 18.4. The predicted molar refractivity (Wildman–Crippen MR) is 126 cm³/mol. The minimum atomic E-state index is -1.49. The number of imide groups is 1. The minimum Gasteiger partial charge on any atom is -0.494 e. The molecule has 4 N–H and O–H groups in total. The van der Waals surface area contributed by atoms with Gasteiger partial charge in [0.2, 0.25) is 5.91 Å². The summed E-state index contributed by atoms with van der Waals surface area (Å²) in [6, 6.07) is 11.1. The third-order valence-corrected chi connectivity index (χ3v) is 5.66. The maximum Gasteiger partial charge on any atom is 0.344 e. The second-order valence-electron chi connectivity index (χ2n) is 8.05. The van der Waals surface area contributed by atoms with E-state index in [9.17, 15) is 24.3 Å². The van der Waals surface area contributed by atoms with Gasteiger partial charge in [-0.15, -0.1) is 0 Å². The molecule has 0 saturated carbocycles. The maximum atomic E-state index is 13.6. The van der Waals surface area contributed by atoms with E-state index >= 15 is 0 Å². The third-order valence-electron chi connectivity index (χ3n) is 5.66. The Hall–Kier alpha value is -4.41. The molecule has 11 heteroatoms. The molecule has 2 atom stereocenters. The number of hydrogen-bond acceptors (Lipinski definition) is 7. The van der Waals surface area contributed by atoms with Gasteiger partial charge in [-0.3, -0.25) is 14.4 Å². The number of ether oxygens (including phenoxy) is 1. The van der Waals surface area contributed by atoms with Crippen LogP contribution in [0.25, 0.3) is 0 Å². The number of carboxylic acid groups (broad SMARTS) is 1. The van der Waals surface area contributed by atoms with E-state index in [1.165, 1.54) is 20.1 Å². The summed E-state index contributed by atoms with van der Waals surface area (Å²) >= 11 is 0. The number of aliphatic carboxylic acids is 1. The Morgan fingerprint density at radius 1 is 1.20 bits per heavy atom. The van der Waals surface area contributed by atoms with Gasteiger partial charge in [0.05, 0.1) is 25.3 Å². The lowest BCUT2D eigenvalue weighted by atomic mass is 9.91. The second kappa shape index (κ2) is 10.2. The summed E-state index contributed by atoms with van der Waals surface area (Å²) < 4.78 is 5.42. The number of nitrogens with zero attached hydrogens (tertiary/aromatic N) is 3. The molecule has 11 nitrogen and oxygen atoms in total. The van der Waals surface area contributed by atoms with Crippen molar-refractivity contribution in [3.8, 4) is 5.75 Å². The first-order valence-electron chi connectivity index (χ1n) is 10.9. The van der Waals surface area contributed by atoms with Crippen LogP contribution in [-0.4, -0.2) is 51.8 Å². The van der Waals surface area contributed by atoms with Crippen LogP contribution in [-0.2, 0) is 19.9 Å². The zero-order valence-corrected chi connectivity index (χ0v) is 19.6. The van der Waals surface area contributed by atoms with Crippen molar-refractivity contribution in [2.24, 2.45) is 10.9 Å². The highest BCUT2D eigenvalue weighted by Gasteiger charge is 2.53. The molecule has 35 heavy (non-hydrogen) atoms. The molecule has 0 radical (unpaired) electrons. The summed E-state index contributed by atoms with van der Waals surface area (Å²) in [4.78, 5) is 51.1. The van der Waals surface area contributed by atoms with Crippen molar-refractivity contribution in [2.45, 2.75) is 38.8 Å². The molecule has 0 unspecified atom stereocenters. The van der Waals surface area contributed by atoms with Gasteiger partial charge in [0.15, 0.2) is 0 Å². The van der Waals surface area contributed by atoms with E-state index in [4.69, 9.17) is 10.6 Å². The number of hydrogen-bond donors (Lipinski definition) is 3. The van der Waals surface area contributed by atoms with E-state index in [0.29, 0.717) is 34.1 Å². The van der Waals surface area contributed by atoms with Gasteiger partial charge >= 0.3 is 12.0 Å². The van der Waals surface area contributed by atoms with Crippen molar-refractivity contribution < 1.29 is 29.0 Å². The van der Waals surface area contributed by atoms with Crippen LogP contribution in [0, 0.1) is 0 Å². The lowest BCUT2D eigenvalue weighted by Crippen LogP contribution is -2.52. The molecule has 0 aliphatic carbocycles. The SMILES string of the molecule is CCOc1ccc([C@@H](CC(=O)O)N(C(C)=O)N2C(=O)N[C@](C)(c3ccc(C=NN)cc3)C2=O)cc1. The Labute approximate surface area is 202 Å². The van der Waals surface area contributed by atoms with Gasteiger partial charge in [0, 0.05) is 6.92 Å². The predicted octanol–water partition coefficient (Wildman–Crippen LogP) is 2.12. The molecule has 2 aromatic rings. The zero-order chi connectivity index (χ0) is 25.8. The van der Waals surface area contributed by atoms with Gasteiger partial charge in [-0.25, -0.2) is 9.80 Å². The molecule has 184 valence electrons. The number of carboxylic acids is 1. The fourth-order valence-corrected chi connectivity index (χ4v) is 3.97. The summed E-state index contributed by atoms with van der Waals surface area (Å²) in [6.07, 6.45) is 0.896. The van der Waals surface area contributed by atoms with Gasteiger partial charge in [-0.2, -0.15) is 10.1 Å². The van der Waals surface area contributed by atoms with Crippen LogP contribution < -0.4 is 15.9 Å². The number of hydrazone groups is 1. The quantitative estimate of drug-likeness (QED) is 0.214. The number of hydrazine groups is 1. The van der Waals surface area contributed by atoms with Gasteiger partial charge in [0.25, 0.3) is 5.91 Å². The van der Waals surface area contributed by atoms with Crippen molar-refractivity contribution in [1.29, 1.82) is 0 Å². The fourth-order valence-electron chi connectivity index (χ4n) is 3.97. The molecular weight excluding hydrogens is 454 g/mol. The van der Waals surface area contributed by atoms with Crippen LogP contribution >= 0.6 is 0 Å². The molecule has 1 aliphatic heterocycles. The smallest absolute Gasteiger partial charge is 0.344 e. The van der Waals surface area contributed by atoms with Crippen LogP contribution in [0.4, 0.5) is 4.79 Å². The molecular formula is C24H27N5O6. The molecule has 0 spiro atoms. The monoisotopic (exact) mass is 481 g/mol. The van der Waals surface area contributed by atoms with Gasteiger partial charge < -0.3 is 21.0 Å². The Balaban J connectivity index is 2.01. The van der Waals surface area contributed by atoms with Crippen LogP contribution in [0.1, 0.15) is 49.9 Å². The summed E-state index contributed by atoms with van der Waals surface area (Å²) in [7, 11) is 0. The highest BCUT2D eigenvalue weighted by atomic mass is 16.5. The Morgan fingerprint density at radius 2 is 1.83 bits per heavy atom. The zero-order valence-electron chi connectivity index (χ0n) is 19.6. The van der Waals surface area contributed by atoms with Gasteiger partial charge in [-0.1, -0.05) is 36.4 Å². The number of amides is 4. The van der Waals surface area contributed by atoms with Crippen LogP contribution in [0.15, 0.2) is 53.6 Å². The van der Waals surface area contributed by atoms with Crippen LogP contribution in [0.5, 0.6) is 5.75 Å². The summed E-state index contributed by atoms with van der Waals surface area (Å²) in [5.74, 6) is 3.12. The van der Waals surface area contributed by atoms with E-state index in [0.717, 1.165) is 5.01 Å². The van der Waals surface area contributed by atoms with Crippen molar-refractivity contribution in [1.82, 2.24) is 15.3 Å². The Kier molecular flexibility index (Phi) is 7.38. The van der Waals surface area contributed by atoms with Crippen LogP contribution in [0.2, 0.25) is 0 Å². The van der Waals surface area contributed by atoms with Gasteiger partial charge in [0.1, 0.15) is 11.3 Å². The maximum absolute atomic E-state index is 13.6. The van der Waals surface area contributed by atoms with Crippen molar-refractivity contribution >= 4 is 30.0 Å². The lowest BCUT2D eigenvalue weighted by Gasteiger charge is -2.35. The van der Waals surface area contributed by atoms with Crippen molar-refractivity contribution in [3.63, 3.8) is 0 Å². The number of nitrogens with one attached hydrogen (secondary N) is 1. The standard InChI is InChI=1S/C24H27N5O6/c1-4-35-19-11-7-17(8-12-19)20(13-21(31)32)28(15(2)30)29-22(33)24(3,27-23(29)34)18-9-5-16(6-10-18)14-26-25/h5-12,14,20H,4,13,25H2,1-3H3,(H,27,34)(H,31,32)/t20-,24-/m1/s1. The second-order valence-corrected chi connectivity index (χ2v) is 8.05. The van der Waals surface area contributed by atoms with E-state index < -0.39 is 41.8 Å². The van der Waals surface area contributed by atoms with E-state index in [2.05, 4.69) is 10.4 Å². The largest absolute Gasteiger partial charge is 0.494 e. The van der Waals surface area contributed by atoms with Crippen molar-refractivity contribution in [2.75, 3.05) is 6.61 Å². The van der Waals surface area contributed by atoms with E-state index in [-0.39, 0.29) is 0 Å². The lowest BCUT2D eigenvalue weighted by molar-refractivity contribution is -0.162. The number of nitrogens with two attached hydrogens (primary N) is 1. The fraction of sp³-hybridized carbons (Fsp3) is 0.292. The Bertz CT molecular complexity index is 1150. The molecule has 1 fully saturated rings. The average Bonchev–Trinajstić information content (AvgIpc) is 3.04.